The van der Waals surface area contributed by atoms with Crippen LogP contribution in [0.25, 0.3) is 5.78 Å². The number of aryl methyl sites for hydroxylation is 1. The predicted octanol–water partition coefficient (Wildman–Crippen LogP) is 3.09. The third-order valence-electron chi connectivity index (χ3n) is 5.89. The average Bonchev–Trinajstić information content (AvgIpc) is 3.31. The summed E-state index contributed by atoms with van der Waals surface area (Å²) in [5, 5.41) is 8.16. The lowest BCUT2D eigenvalue weighted by Crippen LogP contribution is -2.33. The first-order valence-corrected chi connectivity index (χ1v) is 10.1. The van der Waals surface area contributed by atoms with Gasteiger partial charge in [0.15, 0.2) is 0 Å². The molecule has 2 fully saturated rings. The highest BCUT2D eigenvalue weighted by Gasteiger charge is 2.43. The van der Waals surface area contributed by atoms with Crippen molar-refractivity contribution in [3.05, 3.63) is 47.9 Å². The molecule has 2 aliphatic rings. The summed E-state index contributed by atoms with van der Waals surface area (Å²) in [6, 6.07) is 11.9. The number of rotatable bonds is 6. The number of fused-ring (bicyclic) bond motifs is 1. The van der Waals surface area contributed by atoms with Crippen LogP contribution < -0.4 is 10.1 Å². The first-order valence-electron chi connectivity index (χ1n) is 10.1. The van der Waals surface area contributed by atoms with Crippen LogP contribution in [-0.4, -0.2) is 50.2 Å². The van der Waals surface area contributed by atoms with Crippen LogP contribution in [0.3, 0.4) is 0 Å². The van der Waals surface area contributed by atoms with Gasteiger partial charge in [-0.3, -0.25) is 4.90 Å². The van der Waals surface area contributed by atoms with E-state index >= 15 is 0 Å². The number of nitrogens with one attached hydrogen (secondary N) is 1. The zero-order chi connectivity index (χ0) is 19.1. The molecule has 1 saturated heterocycles. The fourth-order valence-electron chi connectivity index (χ4n) is 4.37. The second-order valence-electron chi connectivity index (χ2n) is 7.69. The van der Waals surface area contributed by atoms with Crippen LogP contribution in [0.15, 0.2) is 36.7 Å². The van der Waals surface area contributed by atoms with Crippen LogP contribution >= 0.6 is 0 Å². The molecule has 1 aromatic carbocycles. The lowest BCUT2D eigenvalue weighted by atomic mass is 9.99. The van der Waals surface area contributed by atoms with Crippen molar-refractivity contribution in [2.75, 3.05) is 19.0 Å². The van der Waals surface area contributed by atoms with Gasteiger partial charge in [-0.1, -0.05) is 19.1 Å². The zero-order valence-corrected chi connectivity index (χ0v) is 16.4. The van der Waals surface area contributed by atoms with Gasteiger partial charge in [0.05, 0.1) is 13.2 Å². The Kier molecular flexibility index (Phi) is 4.39. The molecular weight excluding hydrogens is 352 g/mol. The summed E-state index contributed by atoms with van der Waals surface area (Å²) >= 11 is 0. The van der Waals surface area contributed by atoms with E-state index in [9.17, 15) is 0 Å². The third-order valence-corrected chi connectivity index (χ3v) is 5.89. The largest absolute Gasteiger partial charge is 0.497 e. The molecule has 1 aliphatic heterocycles. The first-order chi connectivity index (χ1) is 13.8. The maximum atomic E-state index is 5.49. The Bertz CT molecular complexity index is 982. The molecular formula is C21H26N6O. The van der Waals surface area contributed by atoms with Crippen molar-refractivity contribution in [3.8, 4) is 5.75 Å². The van der Waals surface area contributed by atoms with E-state index in [1.807, 2.05) is 10.6 Å². The number of nitrogens with zero attached hydrogens (tertiary/aromatic N) is 5. The lowest BCUT2D eigenvalue weighted by molar-refractivity contribution is 0.240. The molecule has 7 nitrogen and oxygen atoms in total. The molecule has 1 saturated carbocycles. The number of hydrogen-bond donors (Lipinski definition) is 1. The lowest BCUT2D eigenvalue weighted by Gasteiger charge is -2.30. The van der Waals surface area contributed by atoms with Gasteiger partial charge in [-0.05, 0) is 43.4 Å². The number of methoxy groups -OCH3 is 1. The Balaban J connectivity index is 1.50. The second kappa shape index (κ2) is 7.05. The van der Waals surface area contributed by atoms with Crippen molar-refractivity contribution in [1.82, 2.24) is 24.5 Å². The van der Waals surface area contributed by atoms with Crippen molar-refractivity contribution in [1.29, 1.82) is 0 Å². The van der Waals surface area contributed by atoms with E-state index in [0.29, 0.717) is 23.9 Å². The molecule has 2 unspecified atom stereocenters. The summed E-state index contributed by atoms with van der Waals surface area (Å²) in [4.78, 5) is 11.5. The monoisotopic (exact) mass is 378 g/mol. The average molecular weight is 378 g/mol. The molecule has 28 heavy (non-hydrogen) atoms. The summed E-state index contributed by atoms with van der Waals surface area (Å²) in [5.74, 6) is 2.53. The number of benzene rings is 1. The van der Waals surface area contributed by atoms with Crippen molar-refractivity contribution in [3.63, 3.8) is 0 Å². The molecule has 3 heterocycles. The minimum atomic E-state index is 0.298. The molecule has 2 aromatic heterocycles. The van der Waals surface area contributed by atoms with Gasteiger partial charge in [0.25, 0.3) is 5.78 Å². The van der Waals surface area contributed by atoms with Gasteiger partial charge in [-0.15, -0.1) is 0 Å². The van der Waals surface area contributed by atoms with Crippen LogP contribution in [0.1, 0.15) is 43.5 Å². The summed E-state index contributed by atoms with van der Waals surface area (Å²) in [6.45, 7) is 3.22. The number of aromatic nitrogens is 4. The molecule has 7 heteroatoms. The summed E-state index contributed by atoms with van der Waals surface area (Å²) in [5.41, 5.74) is 2.33. The van der Waals surface area contributed by atoms with E-state index < -0.39 is 0 Å². The minimum Gasteiger partial charge on any atom is -0.497 e. The highest BCUT2D eigenvalue weighted by molar-refractivity contribution is 5.47. The van der Waals surface area contributed by atoms with Crippen LogP contribution in [-0.2, 0) is 6.42 Å². The maximum Gasteiger partial charge on any atom is 0.254 e. The van der Waals surface area contributed by atoms with E-state index in [4.69, 9.17) is 4.74 Å². The van der Waals surface area contributed by atoms with Crippen LogP contribution in [0.5, 0.6) is 5.75 Å². The first kappa shape index (κ1) is 17.4. The Labute approximate surface area is 164 Å². The number of ether oxygens (including phenoxy) is 1. The van der Waals surface area contributed by atoms with Crippen molar-refractivity contribution in [2.45, 2.75) is 50.7 Å². The predicted molar refractivity (Wildman–Crippen MR) is 108 cm³/mol. The van der Waals surface area contributed by atoms with Gasteiger partial charge < -0.3 is 10.1 Å². The van der Waals surface area contributed by atoms with Gasteiger partial charge in [-0.25, -0.2) is 4.98 Å². The fourth-order valence-corrected chi connectivity index (χ4v) is 4.37. The Morgan fingerprint density at radius 1 is 1.21 bits per heavy atom. The van der Waals surface area contributed by atoms with Gasteiger partial charge in [0.1, 0.15) is 17.9 Å². The molecule has 146 valence electrons. The van der Waals surface area contributed by atoms with E-state index in [1.165, 1.54) is 18.4 Å². The number of anilines is 1. The Hall–Kier alpha value is -2.67. The van der Waals surface area contributed by atoms with Gasteiger partial charge in [0, 0.05) is 30.4 Å². The topological polar surface area (TPSA) is 67.6 Å². The van der Waals surface area contributed by atoms with Crippen molar-refractivity contribution < 1.29 is 4.74 Å². The molecule has 2 atom stereocenters. The smallest absolute Gasteiger partial charge is 0.254 e. The van der Waals surface area contributed by atoms with Crippen LogP contribution in [0.4, 0.5) is 5.82 Å². The molecule has 1 N–H and O–H groups in total. The minimum absolute atomic E-state index is 0.298. The fraction of sp³-hybridized carbons (Fsp3) is 0.476. The Morgan fingerprint density at radius 3 is 2.89 bits per heavy atom. The molecule has 1 aliphatic carbocycles. The van der Waals surface area contributed by atoms with Crippen molar-refractivity contribution >= 4 is 11.6 Å². The quantitative estimate of drug-likeness (QED) is 0.711. The molecule has 0 spiro atoms. The van der Waals surface area contributed by atoms with Gasteiger partial charge in [-0.2, -0.15) is 14.6 Å². The van der Waals surface area contributed by atoms with Crippen LogP contribution in [0, 0.1) is 0 Å². The number of likely N-dealkylation sites (tertiary alicyclic amines) is 1. The number of hydrogen-bond acceptors (Lipinski definition) is 6. The van der Waals surface area contributed by atoms with Crippen molar-refractivity contribution in [2.24, 2.45) is 0 Å². The van der Waals surface area contributed by atoms with E-state index in [0.717, 1.165) is 36.6 Å². The molecule has 0 radical (unpaired) electrons. The van der Waals surface area contributed by atoms with Crippen LogP contribution in [0.2, 0.25) is 0 Å². The zero-order valence-electron chi connectivity index (χ0n) is 16.4. The standard InChI is InChI=1S/C21H26N6O/c1-3-15-12-19(27-21(24-15)22-13-23-27)25-18-9-10-26(16-7-8-16)20(18)14-5-4-6-17(11-14)28-2/h4-6,11-13,16,18,20,25H,3,7-10H2,1-2H3. The highest BCUT2D eigenvalue weighted by atomic mass is 16.5. The Morgan fingerprint density at radius 2 is 2.11 bits per heavy atom. The highest BCUT2D eigenvalue weighted by Crippen LogP contribution is 2.42. The normalized spacial score (nSPS) is 22.6. The summed E-state index contributed by atoms with van der Waals surface area (Å²) < 4.78 is 7.29. The molecule has 0 amide bonds. The van der Waals surface area contributed by atoms with E-state index in [1.54, 1.807) is 13.4 Å². The van der Waals surface area contributed by atoms with E-state index in [-0.39, 0.29) is 0 Å². The molecule has 0 bridgehead atoms. The SMILES string of the molecule is CCc1cc(NC2CCN(C3CC3)C2c2cccc(OC)c2)n2ncnc2n1. The third kappa shape index (κ3) is 3.09. The molecule has 3 aromatic rings. The van der Waals surface area contributed by atoms with Gasteiger partial charge >= 0.3 is 0 Å². The summed E-state index contributed by atoms with van der Waals surface area (Å²) in [7, 11) is 1.73. The molecule has 5 rings (SSSR count). The summed E-state index contributed by atoms with van der Waals surface area (Å²) in [6.07, 6.45) is 6.14. The van der Waals surface area contributed by atoms with E-state index in [2.05, 4.69) is 56.5 Å². The maximum absolute atomic E-state index is 5.49. The second-order valence-corrected chi connectivity index (χ2v) is 7.69. The van der Waals surface area contributed by atoms with Gasteiger partial charge in [0.2, 0.25) is 0 Å².